The van der Waals surface area contributed by atoms with E-state index >= 15 is 0 Å². The second-order valence-electron chi connectivity index (χ2n) is 7.50. The van der Waals surface area contributed by atoms with Crippen LogP contribution in [0.25, 0.3) is 0 Å². The first-order valence-corrected chi connectivity index (χ1v) is 8.72. The lowest BCUT2D eigenvalue weighted by Gasteiger charge is -2.55. The minimum absolute atomic E-state index is 0.0723. The first kappa shape index (κ1) is 15.0. The number of rotatable bonds is 0. The zero-order valence-electron chi connectivity index (χ0n) is 12.8. The maximum atomic E-state index is 10.1. The summed E-state index contributed by atoms with van der Waals surface area (Å²) in [6, 6.07) is 0. The normalized spacial score (nSPS) is 34.6. The van der Waals surface area contributed by atoms with Gasteiger partial charge in [-0.1, -0.05) is 41.5 Å². The Morgan fingerprint density at radius 3 is 2.21 bits per heavy atom. The first-order valence-electron chi connectivity index (χ1n) is 6.90. The highest BCUT2D eigenvalue weighted by Gasteiger charge is 2.63. The predicted molar refractivity (Wildman–Crippen MR) is 76.0 cm³/mol. The van der Waals surface area contributed by atoms with Gasteiger partial charge in [-0.15, -0.1) is 0 Å². The van der Waals surface area contributed by atoms with E-state index in [1.807, 2.05) is 0 Å². The number of fused-ring (bicyclic) bond motifs is 1. The molecule has 1 N–H and O–H groups in total. The van der Waals surface area contributed by atoms with Crippen LogP contribution in [-0.2, 0) is 13.6 Å². The Balaban J connectivity index is 2.36. The Labute approximate surface area is 117 Å². The van der Waals surface area contributed by atoms with E-state index in [1.54, 1.807) is 12.3 Å². The quantitative estimate of drug-likeness (QED) is 0.696. The third-order valence-corrected chi connectivity index (χ3v) is 9.09. The van der Waals surface area contributed by atoms with Gasteiger partial charge in [-0.05, 0) is 6.08 Å². The summed E-state index contributed by atoms with van der Waals surface area (Å²) in [6.07, 6.45) is 2.06. The molecule has 19 heavy (non-hydrogen) atoms. The molecule has 5 heteroatoms. The largest absolute Gasteiger partial charge is 0.493 e. The van der Waals surface area contributed by atoms with Crippen molar-refractivity contribution in [3.8, 4) is 0 Å². The zero-order valence-corrected chi connectivity index (χ0v) is 13.8. The summed E-state index contributed by atoms with van der Waals surface area (Å²) in [4.78, 5) is 0. The van der Waals surface area contributed by atoms with Crippen LogP contribution in [0.5, 0.6) is 0 Å². The van der Waals surface area contributed by atoms with E-state index in [9.17, 15) is 5.11 Å². The number of aliphatic hydroxyl groups is 1. The van der Waals surface area contributed by atoms with Crippen molar-refractivity contribution in [3.05, 3.63) is 12.3 Å². The van der Waals surface area contributed by atoms with Crippen LogP contribution in [0.15, 0.2) is 12.3 Å². The van der Waals surface area contributed by atoms with Gasteiger partial charge >= 0.3 is 8.56 Å². The van der Waals surface area contributed by atoms with E-state index in [1.165, 1.54) is 0 Å². The van der Waals surface area contributed by atoms with Gasteiger partial charge in [-0.3, -0.25) is 0 Å². The summed E-state index contributed by atoms with van der Waals surface area (Å²) >= 11 is 0. The molecule has 2 aliphatic heterocycles. The molecule has 0 aliphatic carbocycles. The highest BCUT2D eigenvalue weighted by molar-refractivity contribution is 6.73. The summed E-state index contributed by atoms with van der Waals surface area (Å²) in [5, 5.41) is 10.00. The lowest BCUT2D eigenvalue weighted by molar-refractivity contribution is -0.122. The van der Waals surface area contributed by atoms with Crippen molar-refractivity contribution in [1.82, 2.24) is 0 Å². The molecule has 1 saturated heterocycles. The van der Waals surface area contributed by atoms with Gasteiger partial charge in [0, 0.05) is 10.1 Å². The molecule has 110 valence electrons. The Morgan fingerprint density at radius 2 is 1.68 bits per heavy atom. The number of ether oxygens (including phenoxy) is 1. The van der Waals surface area contributed by atoms with Gasteiger partial charge in [0.05, 0.1) is 12.9 Å². The van der Waals surface area contributed by atoms with Crippen LogP contribution in [0, 0.1) is 0 Å². The van der Waals surface area contributed by atoms with E-state index in [0.29, 0.717) is 6.61 Å². The SMILES string of the molecule is CC(C)(C)[Si]1(C(C)(C)C)OC[C@H]2OC=C[C@H](O)[C@@H]2O1. The van der Waals surface area contributed by atoms with Crippen LogP contribution in [0.2, 0.25) is 10.1 Å². The second-order valence-corrected chi connectivity index (χ2v) is 12.3. The summed E-state index contributed by atoms with van der Waals surface area (Å²) in [7, 11) is -2.51. The average Bonchev–Trinajstić information content (AvgIpc) is 2.26. The standard InChI is InChI=1S/C14H26O4Si/c1-13(2,3)19(14(4,5)6)17-9-11-12(18-19)10(15)7-8-16-11/h7-8,10-12,15H,9H2,1-6H3/t10-,11+,12-/m0/s1. The summed E-state index contributed by atoms with van der Waals surface area (Å²) < 4.78 is 18.2. The fraction of sp³-hybridized carbons (Fsp3) is 0.857. The highest BCUT2D eigenvalue weighted by atomic mass is 28.4. The molecule has 3 atom stereocenters. The molecule has 2 rings (SSSR count). The topological polar surface area (TPSA) is 47.9 Å². The molecule has 0 unspecified atom stereocenters. The zero-order chi connectivity index (χ0) is 14.5. The monoisotopic (exact) mass is 286 g/mol. The summed E-state index contributed by atoms with van der Waals surface area (Å²) in [6.45, 7) is 13.5. The van der Waals surface area contributed by atoms with Crippen LogP contribution in [0.4, 0.5) is 0 Å². The van der Waals surface area contributed by atoms with Crippen LogP contribution < -0.4 is 0 Å². The number of hydrogen-bond acceptors (Lipinski definition) is 4. The third kappa shape index (κ3) is 2.37. The fourth-order valence-electron chi connectivity index (χ4n) is 3.25. The molecular formula is C14H26O4Si. The average molecular weight is 286 g/mol. The van der Waals surface area contributed by atoms with Gasteiger partial charge in [0.25, 0.3) is 0 Å². The predicted octanol–water partition coefficient (Wildman–Crippen LogP) is 2.72. The molecule has 2 aliphatic rings. The number of hydrogen-bond donors (Lipinski definition) is 1. The van der Waals surface area contributed by atoms with E-state index < -0.39 is 14.7 Å². The lowest BCUT2D eigenvalue weighted by atomic mass is 10.1. The van der Waals surface area contributed by atoms with Crippen LogP contribution in [-0.4, -0.2) is 38.6 Å². The maximum Gasteiger partial charge on any atom is 0.349 e. The van der Waals surface area contributed by atoms with Crippen LogP contribution >= 0.6 is 0 Å². The second kappa shape index (κ2) is 4.58. The lowest BCUT2D eigenvalue weighted by Crippen LogP contribution is -2.67. The molecule has 0 aromatic heterocycles. The Hall–Kier alpha value is -0.363. The van der Waals surface area contributed by atoms with E-state index in [0.717, 1.165) is 0 Å². The first-order chi connectivity index (χ1) is 8.58. The molecule has 0 aromatic carbocycles. The third-order valence-electron chi connectivity index (χ3n) is 3.96. The van der Waals surface area contributed by atoms with Crippen molar-refractivity contribution < 1.29 is 18.7 Å². The van der Waals surface area contributed by atoms with E-state index in [-0.39, 0.29) is 22.3 Å². The van der Waals surface area contributed by atoms with Crippen molar-refractivity contribution in [2.45, 2.75) is 69.9 Å². The smallest absolute Gasteiger partial charge is 0.349 e. The summed E-state index contributed by atoms with van der Waals surface area (Å²) in [5.74, 6) is 0. The van der Waals surface area contributed by atoms with Gasteiger partial charge in [-0.2, -0.15) is 0 Å². The van der Waals surface area contributed by atoms with Crippen LogP contribution in [0.3, 0.4) is 0 Å². The highest BCUT2D eigenvalue weighted by Crippen LogP contribution is 2.54. The Kier molecular flexibility index (Phi) is 3.63. The Morgan fingerprint density at radius 1 is 1.11 bits per heavy atom. The minimum atomic E-state index is -2.51. The van der Waals surface area contributed by atoms with E-state index in [2.05, 4.69) is 41.5 Å². The molecule has 1 fully saturated rings. The summed E-state index contributed by atoms with van der Waals surface area (Å²) in [5.41, 5.74) is 0. The van der Waals surface area contributed by atoms with Crippen molar-refractivity contribution in [1.29, 1.82) is 0 Å². The van der Waals surface area contributed by atoms with Crippen molar-refractivity contribution in [2.75, 3.05) is 6.61 Å². The Bertz CT molecular complexity index is 353. The number of aliphatic hydroxyl groups excluding tert-OH is 1. The van der Waals surface area contributed by atoms with Crippen molar-refractivity contribution >= 4 is 8.56 Å². The molecule has 0 amide bonds. The maximum absolute atomic E-state index is 10.1. The molecule has 4 nitrogen and oxygen atoms in total. The fourth-order valence-corrected chi connectivity index (χ4v) is 8.21. The molecule has 2 heterocycles. The molecule has 0 aromatic rings. The van der Waals surface area contributed by atoms with E-state index in [4.69, 9.17) is 13.6 Å². The van der Waals surface area contributed by atoms with Gasteiger partial charge in [0.1, 0.15) is 18.3 Å². The molecular weight excluding hydrogens is 260 g/mol. The molecule has 0 bridgehead atoms. The van der Waals surface area contributed by atoms with Gasteiger partial charge in [0.2, 0.25) is 0 Å². The van der Waals surface area contributed by atoms with Crippen LogP contribution in [0.1, 0.15) is 41.5 Å². The van der Waals surface area contributed by atoms with Gasteiger partial charge in [0.15, 0.2) is 0 Å². The van der Waals surface area contributed by atoms with Gasteiger partial charge in [-0.25, -0.2) is 0 Å². The molecule has 0 saturated carbocycles. The molecule has 0 spiro atoms. The van der Waals surface area contributed by atoms with Crippen molar-refractivity contribution in [3.63, 3.8) is 0 Å². The van der Waals surface area contributed by atoms with Crippen molar-refractivity contribution in [2.24, 2.45) is 0 Å². The van der Waals surface area contributed by atoms with Gasteiger partial charge < -0.3 is 18.7 Å². The molecule has 0 radical (unpaired) electrons. The minimum Gasteiger partial charge on any atom is -0.493 e.